The van der Waals surface area contributed by atoms with Crippen LogP contribution in [0.4, 0.5) is 0 Å². The third-order valence-corrected chi connectivity index (χ3v) is 5.37. The summed E-state index contributed by atoms with van der Waals surface area (Å²) in [6, 6.07) is 7.67. The standard InChI is InChI=1S/C26H43NO2/c1-3-4-5-6-7-8-9-10-11-12-13-14-15-16-23-27-26(28)22-19-24-17-20-25(29-2)21-18-24/h17-22H,3-16,23H2,1-2H3,(H,27,28)/b22-19+. The molecule has 29 heavy (non-hydrogen) atoms. The van der Waals surface area contributed by atoms with Gasteiger partial charge in [-0.15, -0.1) is 0 Å². The molecule has 0 unspecified atom stereocenters. The molecule has 0 radical (unpaired) electrons. The summed E-state index contributed by atoms with van der Waals surface area (Å²) in [5, 5.41) is 2.97. The van der Waals surface area contributed by atoms with Crippen LogP contribution in [0.5, 0.6) is 5.75 Å². The summed E-state index contributed by atoms with van der Waals surface area (Å²) < 4.78 is 5.13. The molecular formula is C26H43NO2. The van der Waals surface area contributed by atoms with Crippen molar-refractivity contribution >= 4 is 12.0 Å². The number of amides is 1. The fourth-order valence-electron chi connectivity index (χ4n) is 3.48. The maximum absolute atomic E-state index is 11.9. The predicted molar refractivity (Wildman–Crippen MR) is 125 cm³/mol. The number of rotatable bonds is 18. The van der Waals surface area contributed by atoms with Crippen LogP contribution in [0.25, 0.3) is 6.08 Å². The van der Waals surface area contributed by atoms with Crippen molar-refractivity contribution in [1.29, 1.82) is 0 Å². The van der Waals surface area contributed by atoms with E-state index in [0.717, 1.165) is 24.3 Å². The lowest BCUT2D eigenvalue weighted by atomic mass is 10.0. The number of hydrogen-bond acceptors (Lipinski definition) is 2. The fraction of sp³-hybridized carbons (Fsp3) is 0.654. The highest BCUT2D eigenvalue weighted by atomic mass is 16.5. The van der Waals surface area contributed by atoms with E-state index in [4.69, 9.17) is 4.74 Å². The average molecular weight is 402 g/mol. The summed E-state index contributed by atoms with van der Waals surface area (Å²) >= 11 is 0. The molecule has 0 fully saturated rings. The Labute approximate surface area is 179 Å². The Bertz CT molecular complexity index is 536. The zero-order valence-electron chi connectivity index (χ0n) is 18.9. The summed E-state index contributed by atoms with van der Waals surface area (Å²) in [5.74, 6) is 0.805. The second-order valence-electron chi connectivity index (χ2n) is 7.99. The molecule has 0 spiro atoms. The predicted octanol–water partition coefficient (Wildman–Crippen LogP) is 7.31. The van der Waals surface area contributed by atoms with Gasteiger partial charge in [-0.25, -0.2) is 0 Å². The zero-order valence-corrected chi connectivity index (χ0v) is 18.9. The summed E-state index contributed by atoms with van der Waals surface area (Å²) in [7, 11) is 1.65. The molecule has 0 aliphatic rings. The summed E-state index contributed by atoms with van der Waals surface area (Å²) in [5.41, 5.74) is 0.998. The molecule has 0 aromatic heterocycles. The minimum absolute atomic E-state index is 0.0180. The van der Waals surface area contributed by atoms with Gasteiger partial charge in [0, 0.05) is 12.6 Å². The minimum Gasteiger partial charge on any atom is -0.497 e. The van der Waals surface area contributed by atoms with Crippen LogP contribution < -0.4 is 10.1 Å². The SMILES string of the molecule is CCCCCCCCCCCCCCCCNC(=O)/C=C/c1ccc(OC)cc1. The van der Waals surface area contributed by atoms with Crippen LogP contribution in [0, 0.1) is 0 Å². The number of ether oxygens (including phenoxy) is 1. The van der Waals surface area contributed by atoms with Gasteiger partial charge in [-0.2, -0.15) is 0 Å². The average Bonchev–Trinajstić information content (AvgIpc) is 2.75. The number of methoxy groups -OCH3 is 1. The van der Waals surface area contributed by atoms with E-state index >= 15 is 0 Å². The van der Waals surface area contributed by atoms with Gasteiger partial charge < -0.3 is 10.1 Å². The lowest BCUT2D eigenvalue weighted by Crippen LogP contribution is -2.21. The van der Waals surface area contributed by atoms with Crippen LogP contribution in [0.1, 0.15) is 102 Å². The fourth-order valence-corrected chi connectivity index (χ4v) is 3.48. The number of carbonyl (C=O) groups is 1. The lowest BCUT2D eigenvalue weighted by molar-refractivity contribution is -0.116. The second-order valence-corrected chi connectivity index (χ2v) is 7.99. The smallest absolute Gasteiger partial charge is 0.243 e. The largest absolute Gasteiger partial charge is 0.497 e. The van der Waals surface area contributed by atoms with Gasteiger partial charge in [-0.1, -0.05) is 103 Å². The summed E-state index contributed by atoms with van der Waals surface area (Å²) in [6.07, 6.45) is 22.4. The van der Waals surface area contributed by atoms with Crippen molar-refractivity contribution in [3.8, 4) is 5.75 Å². The zero-order chi connectivity index (χ0) is 21.0. The lowest BCUT2D eigenvalue weighted by Gasteiger charge is -2.04. The van der Waals surface area contributed by atoms with Gasteiger partial charge in [-0.3, -0.25) is 4.79 Å². The van der Waals surface area contributed by atoms with E-state index in [9.17, 15) is 4.79 Å². The topological polar surface area (TPSA) is 38.3 Å². The van der Waals surface area contributed by atoms with Crippen molar-refractivity contribution < 1.29 is 9.53 Å². The van der Waals surface area contributed by atoms with E-state index in [1.807, 2.05) is 30.3 Å². The van der Waals surface area contributed by atoms with Crippen LogP contribution >= 0.6 is 0 Å². The molecular weight excluding hydrogens is 358 g/mol. The van der Waals surface area contributed by atoms with Crippen molar-refractivity contribution in [2.75, 3.05) is 13.7 Å². The van der Waals surface area contributed by atoms with E-state index in [0.29, 0.717) is 0 Å². The molecule has 0 saturated carbocycles. The van der Waals surface area contributed by atoms with Crippen molar-refractivity contribution in [3.05, 3.63) is 35.9 Å². The summed E-state index contributed by atoms with van der Waals surface area (Å²) in [6.45, 7) is 3.04. The van der Waals surface area contributed by atoms with E-state index in [1.165, 1.54) is 83.5 Å². The molecule has 3 nitrogen and oxygen atoms in total. The first kappa shape index (κ1) is 25.3. The monoisotopic (exact) mass is 401 g/mol. The molecule has 0 heterocycles. The highest BCUT2D eigenvalue weighted by molar-refractivity contribution is 5.91. The third-order valence-electron chi connectivity index (χ3n) is 5.37. The molecule has 1 amide bonds. The Morgan fingerprint density at radius 1 is 0.793 bits per heavy atom. The molecule has 1 N–H and O–H groups in total. The molecule has 0 aliphatic heterocycles. The van der Waals surface area contributed by atoms with Gasteiger partial charge >= 0.3 is 0 Å². The Morgan fingerprint density at radius 2 is 1.28 bits per heavy atom. The number of hydrogen-bond donors (Lipinski definition) is 1. The van der Waals surface area contributed by atoms with Gasteiger partial charge in [0.05, 0.1) is 7.11 Å². The number of nitrogens with one attached hydrogen (secondary N) is 1. The van der Waals surface area contributed by atoms with Crippen LogP contribution in [-0.2, 0) is 4.79 Å². The molecule has 0 aliphatic carbocycles. The van der Waals surface area contributed by atoms with E-state index < -0.39 is 0 Å². The van der Waals surface area contributed by atoms with E-state index in [-0.39, 0.29) is 5.91 Å². The molecule has 164 valence electrons. The Hall–Kier alpha value is -1.77. The van der Waals surface area contributed by atoms with Gasteiger partial charge in [0.1, 0.15) is 5.75 Å². The maximum Gasteiger partial charge on any atom is 0.243 e. The number of unbranched alkanes of at least 4 members (excludes halogenated alkanes) is 13. The first-order valence-electron chi connectivity index (χ1n) is 11.9. The van der Waals surface area contributed by atoms with Gasteiger partial charge in [0.2, 0.25) is 5.91 Å². The summed E-state index contributed by atoms with van der Waals surface area (Å²) in [4.78, 5) is 11.9. The highest BCUT2D eigenvalue weighted by Crippen LogP contribution is 2.13. The number of benzene rings is 1. The van der Waals surface area contributed by atoms with E-state index in [1.54, 1.807) is 13.2 Å². The molecule has 0 atom stereocenters. The first-order chi connectivity index (χ1) is 14.3. The number of carbonyl (C=O) groups excluding carboxylic acids is 1. The minimum atomic E-state index is -0.0180. The highest BCUT2D eigenvalue weighted by Gasteiger charge is 1.97. The normalized spacial score (nSPS) is 11.1. The second kappa shape index (κ2) is 18.3. The maximum atomic E-state index is 11.9. The van der Waals surface area contributed by atoms with Crippen molar-refractivity contribution in [2.24, 2.45) is 0 Å². The van der Waals surface area contributed by atoms with Crippen molar-refractivity contribution in [1.82, 2.24) is 5.32 Å². The van der Waals surface area contributed by atoms with Crippen molar-refractivity contribution in [3.63, 3.8) is 0 Å². The van der Waals surface area contributed by atoms with Gasteiger partial charge in [0.25, 0.3) is 0 Å². The van der Waals surface area contributed by atoms with Gasteiger partial charge in [-0.05, 0) is 30.2 Å². The third kappa shape index (κ3) is 14.8. The molecule has 3 heteroatoms. The van der Waals surface area contributed by atoms with Gasteiger partial charge in [0.15, 0.2) is 0 Å². The van der Waals surface area contributed by atoms with E-state index in [2.05, 4.69) is 12.2 Å². The van der Waals surface area contributed by atoms with Crippen molar-refractivity contribution in [2.45, 2.75) is 96.8 Å². The Morgan fingerprint density at radius 3 is 1.76 bits per heavy atom. The quantitative estimate of drug-likeness (QED) is 0.207. The Balaban J connectivity index is 1.87. The van der Waals surface area contributed by atoms with Crippen LogP contribution in [0.3, 0.4) is 0 Å². The van der Waals surface area contributed by atoms with Crippen LogP contribution in [0.15, 0.2) is 30.3 Å². The van der Waals surface area contributed by atoms with Crippen LogP contribution in [0.2, 0.25) is 0 Å². The first-order valence-corrected chi connectivity index (χ1v) is 11.9. The molecule has 0 bridgehead atoms. The molecule has 0 saturated heterocycles. The van der Waals surface area contributed by atoms with Crippen LogP contribution in [-0.4, -0.2) is 19.6 Å². The molecule has 1 aromatic carbocycles. The Kier molecular flexibility index (Phi) is 15.9. The molecule has 1 aromatic rings. The molecule has 1 rings (SSSR count).